The van der Waals surface area contributed by atoms with Crippen molar-refractivity contribution in [2.75, 3.05) is 30.4 Å². The Labute approximate surface area is 145 Å². The summed E-state index contributed by atoms with van der Waals surface area (Å²) in [4.78, 5) is 27.2. The van der Waals surface area contributed by atoms with Gasteiger partial charge in [-0.15, -0.1) is 0 Å². The number of hydrogen-bond acceptors (Lipinski definition) is 6. The Bertz CT molecular complexity index is 711. The van der Waals surface area contributed by atoms with Crippen LogP contribution in [-0.2, 0) is 0 Å². The fourth-order valence-electron chi connectivity index (χ4n) is 2.76. The number of hydrogen-bond donors (Lipinski definition) is 2. The van der Waals surface area contributed by atoms with Crippen molar-refractivity contribution in [3.63, 3.8) is 0 Å². The van der Waals surface area contributed by atoms with E-state index in [0.717, 1.165) is 19.4 Å². The van der Waals surface area contributed by atoms with Gasteiger partial charge < -0.3 is 15.5 Å². The molecule has 0 bridgehead atoms. The van der Waals surface area contributed by atoms with Crippen LogP contribution in [0.3, 0.4) is 0 Å². The topological polar surface area (TPSA) is 83.0 Å². The number of nitrogens with zero attached hydrogens (tertiary/aromatic N) is 4. The van der Waals surface area contributed by atoms with E-state index >= 15 is 0 Å². The van der Waals surface area contributed by atoms with Gasteiger partial charge in [0, 0.05) is 44.1 Å². The number of aromatic nitrogens is 3. The summed E-state index contributed by atoms with van der Waals surface area (Å²) >= 11 is 5.96. The molecule has 2 N–H and O–H groups in total. The lowest BCUT2D eigenvalue weighted by atomic mass is 10.1. The zero-order valence-electron chi connectivity index (χ0n) is 13.4. The van der Waals surface area contributed by atoms with E-state index in [1.165, 1.54) is 0 Å². The summed E-state index contributed by atoms with van der Waals surface area (Å²) in [7, 11) is 1.74. The smallest absolute Gasteiger partial charge is 0.251 e. The van der Waals surface area contributed by atoms with Gasteiger partial charge in [0.25, 0.3) is 5.91 Å². The first-order valence-electron chi connectivity index (χ1n) is 7.84. The molecule has 8 heteroatoms. The molecular formula is C16H19ClN6O. The van der Waals surface area contributed by atoms with E-state index in [9.17, 15) is 4.79 Å². The summed E-state index contributed by atoms with van der Waals surface area (Å²) in [6.45, 7) is 1.58. The molecule has 0 saturated carbocycles. The molecule has 0 aromatic carbocycles. The first-order valence-corrected chi connectivity index (χ1v) is 8.21. The highest BCUT2D eigenvalue weighted by Gasteiger charge is 2.23. The fraction of sp³-hybridized carbons (Fsp3) is 0.375. The van der Waals surface area contributed by atoms with E-state index in [4.69, 9.17) is 11.6 Å². The largest absolute Gasteiger partial charge is 0.373 e. The molecule has 1 saturated heterocycles. The molecule has 1 aliphatic rings. The van der Waals surface area contributed by atoms with Gasteiger partial charge in [-0.1, -0.05) is 11.6 Å². The SMILES string of the molecule is CNc1cc(C(=O)NC2CCCN(c3ncccn3)C2)cc(Cl)n1. The van der Waals surface area contributed by atoms with Gasteiger partial charge in [0.1, 0.15) is 11.0 Å². The Kier molecular flexibility index (Phi) is 5.10. The number of anilines is 2. The molecule has 3 rings (SSSR count). The average molecular weight is 347 g/mol. The zero-order chi connectivity index (χ0) is 16.9. The fourth-order valence-corrected chi connectivity index (χ4v) is 2.96. The molecule has 0 spiro atoms. The Balaban J connectivity index is 1.67. The van der Waals surface area contributed by atoms with Crippen LogP contribution in [-0.4, -0.2) is 47.0 Å². The second-order valence-corrected chi connectivity index (χ2v) is 6.01. The highest BCUT2D eigenvalue weighted by atomic mass is 35.5. The van der Waals surface area contributed by atoms with Gasteiger partial charge >= 0.3 is 0 Å². The Morgan fingerprint density at radius 3 is 2.88 bits per heavy atom. The standard InChI is InChI=1S/C16H19ClN6O/c1-18-14-9-11(8-13(17)22-14)15(24)21-12-4-2-7-23(10-12)16-19-5-3-6-20-16/h3,5-6,8-9,12H,2,4,7,10H2,1H3,(H,18,22)(H,21,24). The summed E-state index contributed by atoms with van der Waals surface area (Å²) in [5, 5.41) is 6.25. The minimum atomic E-state index is -0.156. The van der Waals surface area contributed by atoms with E-state index in [-0.39, 0.29) is 17.1 Å². The molecule has 1 unspecified atom stereocenters. The number of piperidine rings is 1. The number of rotatable bonds is 4. The Morgan fingerprint density at radius 1 is 1.33 bits per heavy atom. The third-order valence-corrected chi connectivity index (χ3v) is 4.10. The molecule has 126 valence electrons. The first kappa shape index (κ1) is 16.4. The molecule has 3 heterocycles. The molecule has 0 aliphatic carbocycles. The van der Waals surface area contributed by atoms with Crippen molar-refractivity contribution in [2.45, 2.75) is 18.9 Å². The molecule has 1 aliphatic heterocycles. The number of halogens is 1. The van der Waals surface area contributed by atoms with Crippen LogP contribution in [0.2, 0.25) is 5.15 Å². The van der Waals surface area contributed by atoms with Crippen molar-refractivity contribution in [3.8, 4) is 0 Å². The maximum atomic E-state index is 12.5. The molecule has 1 atom stereocenters. The molecule has 1 fully saturated rings. The molecule has 24 heavy (non-hydrogen) atoms. The Morgan fingerprint density at radius 2 is 2.12 bits per heavy atom. The van der Waals surface area contributed by atoms with Gasteiger partial charge in [-0.05, 0) is 31.0 Å². The van der Waals surface area contributed by atoms with Crippen LogP contribution in [0, 0.1) is 0 Å². The quantitative estimate of drug-likeness (QED) is 0.823. The van der Waals surface area contributed by atoms with Crippen molar-refractivity contribution < 1.29 is 4.79 Å². The van der Waals surface area contributed by atoms with Crippen molar-refractivity contribution in [1.82, 2.24) is 20.3 Å². The average Bonchev–Trinajstić information content (AvgIpc) is 2.62. The first-order chi connectivity index (χ1) is 11.7. The van der Waals surface area contributed by atoms with Gasteiger partial charge in [0.2, 0.25) is 5.95 Å². The lowest BCUT2D eigenvalue weighted by Gasteiger charge is -2.33. The van der Waals surface area contributed by atoms with Crippen LogP contribution >= 0.6 is 11.6 Å². The van der Waals surface area contributed by atoms with Crippen LogP contribution in [0.1, 0.15) is 23.2 Å². The van der Waals surface area contributed by atoms with Crippen molar-refractivity contribution >= 4 is 29.3 Å². The van der Waals surface area contributed by atoms with E-state index < -0.39 is 0 Å². The Hall–Kier alpha value is -2.41. The number of carbonyl (C=O) groups is 1. The second-order valence-electron chi connectivity index (χ2n) is 5.62. The molecule has 1 amide bonds. The summed E-state index contributed by atoms with van der Waals surface area (Å²) in [6.07, 6.45) is 5.35. The molecule has 7 nitrogen and oxygen atoms in total. The number of carbonyl (C=O) groups excluding carboxylic acids is 1. The molecule has 2 aromatic rings. The van der Waals surface area contributed by atoms with E-state index in [1.54, 1.807) is 37.6 Å². The summed E-state index contributed by atoms with van der Waals surface area (Å²) in [5.74, 6) is 1.10. The van der Waals surface area contributed by atoms with Gasteiger partial charge in [-0.2, -0.15) is 0 Å². The lowest BCUT2D eigenvalue weighted by molar-refractivity contribution is 0.0933. The van der Waals surface area contributed by atoms with Crippen LogP contribution < -0.4 is 15.5 Å². The molecular weight excluding hydrogens is 328 g/mol. The van der Waals surface area contributed by atoms with E-state index in [0.29, 0.717) is 23.9 Å². The minimum Gasteiger partial charge on any atom is -0.373 e. The van der Waals surface area contributed by atoms with Crippen LogP contribution in [0.25, 0.3) is 0 Å². The van der Waals surface area contributed by atoms with E-state index in [1.807, 2.05) is 0 Å². The summed E-state index contributed by atoms with van der Waals surface area (Å²) in [5.41, 5.74) is 0.493. The second kappa shape index (κ2) is 7.44. The number of pyridine rings is 1. The third kappa shape index (κ3) is 3.91. The third-order valence-electron chi connectivity index (χ3n) is 3.90. The minimum absolute atomic E-state index is 0.0417. The summed E-state index contributed by atoms with van der Waals surface area (Å²) < 4.78 is 0. The van der Waals surface area contributed by atoms with Crippen molar-refractivity contribution in [1.29, 1.82) is 0 Å². The monoisotopic (exact) mass is 346 g/mol. The molecule has 2 aromatic heterocycles. The molecule has 0 radical (unpaired) electrons. The lowest BCUT2D eigenvalue weighted by Crippen LogP contribution is -2.48. The van der Waals surface area contributed by atoms with Crippen LogP contribution in [0.15, 0.2) is 30.6 Å². The zero-order valence-corrected chi connectivity index (χ0v) is 14.1. The summed E-state index contributed by atoms with van der Waals surface area (Å²) in [6, 6.07) is 5.08. The maximum Gasteiger partial charge on any atom is 0.251 e. The van der Waals surface area contributed by atoms with Gasteiger partial charge in [0.05, 0.1) is 0 Å². The van der Waals surface area contributed by atoms with E-state index in [2.05, 4.69) is 30.5 Å². The highest BCUT2D eigenvalue weighted by molar-refractivity contribution is 6.29. The normalized spacial score (nSPS) is 17.4. The van der Waals surface area contributed by atoms with Gasteiger partial charge in [0.15, 0.2) is 0 Å². The predicted octanol–water partition coefficient (Wildman–Crippen LogP) is 1.97. The highest BCUT2D eigenvalue weighted by Crippen LogP contribution is 2.17. The van der Waals surface area contributed by atoms with Gasteiger partial charge in [-0.25, -0.2) is 15.0 Å². The predicted molar refractivity (Wildman–Crippen MR) is 93.5 cm³/mol. The van der Waals surface area contributed by atoms with Crippen molar-refractivity contribution in [2.24, 2.45) is 0 Å². The van der Waals surface area contributed by atoms with Crippen LogP contribution in [0.5, 0.6) is 0 Å². The number of amides is 1. The van der Waals surface area contributed by atoms with Gasteiger partial charge in [-0.3, -0.25) is 4.79 Å². The van der Waals surface area contributed by atoms with Crippen molar-refractivity contribution in [3.05, 3.63) is 41.3 Å². The van der Waals surface area contributed by atoms with Crippen LogP contribution in [0.4, 0.5) is 11.8 Å². The number of nitrogens with one attached hydrogen (secondary N) is 2. The maximum absolute atomic E-state index is 12.5.